The first-order valence-corrected chi connectivity index (χ1v) is 9.48. The van der Waals surface area contributed by atoms with Gasteiger partial charge in [0.05, 0.1) is 0 Å². The van der Waals surface area contributed by atoms with E-state index in [2.05, 4.69) is 42.3 Å². The second-order valence-electron chi connectivity index (χ2n) is 6.65. The van der Waals surface area contributed by atoms with Gasteiger partial charge in [-0.2, -0.15) is 0 Å². The number of aromatic nitrogens is 1. The number of anilines is 2. The lowest BCUT2D eigenvalue weighted by atomic mass is 10.0. The molecule has 27 heavy (non-hydrogen) atoms. The molecule has 6 nitrogen and oxygen atoms in total. The molecule has 142 valence electrons. The Hall–Kier alpha value is -2.89. The molecule has 0 unspecified atom stereocenters. The van der Waals surface area contributed by atoms with Gasteiger partial charge in [0.1, 0.15) is 5.69 Å². The largest absolute Gasteiger partial charge is 0.355 e. The summed E-state index contributed by atoms with van der Waals surface area (Å²) in [6.45, 7) is 6.49. The van der Waals surface area contributed by atoms with Crippen molar-refractivity contribution < 1.29 is 9.59 Å². The Balaban J connectivity index is 1.79. The van der Waals surface area contributed by atoms with E-state index in [-0.39, 0.29) is 5.91 Å². The van der Waals surface area contributed by atoms with E-state index in [9.17, 15) is 9.59 Å². The van der Waals surface area contributed by atoms with Crippen LogP contribution in [0.25, 0.3) is 0 Å². The number of carbonyl (C=O) groups is 2. The molecule has 2 amide bonds. The lowest BCUT2D eigenvalue weighted by molar-refractivity contribution is -0.119. The molecule has 1 saturated heterocycles. The predicted octanol–water partition coefficient (Wildman–Crippen LogP) is 2.86. The van der Waals surface area contributed by atoms with E-state index in [1.54, 1.807) is 22.1 Å². The molecule has 2 aromatic rings. The van der Waals surface area contributed by atoms with Crippen molar-refractivity contribution in [1.29, 1.82) is 0 Å². The molecule has 2 heterocycles. The van der Waals surface area contributed by atoms with Crippen LogP contribution in [0.1, 0.15) is 35.5 Å². The number of para-hydroxylation sites is 1. The summed E-state index contributed by atoms with van der Waals surface area (Å²) in [4.78, 5) is 31.3. The van der Waals surface area contributed by atoms with Gasteiger partial charge in [0.2, 0.25) is 6.41 Å². The van der Waals surface area contributed by atoms with Crippen molar-refractivity contribution in [3.05, 3.63) is 53.3 Å². The molecule has 0 aliphatic carbocycles. The summed E-state index contributed by atoms with van der Waals surface area (Å²) >= 11 is 0. The Morgan fingerprint density at radius 3 is 2.37 bits per heavy atom. The maximum atomic E-state index is 12.8. The Bertz CT molecular complexity index is 791. The SMILES string of the molecule is CCc1cccc(CC)c1Nc1ccnc(C(=O)N2CCN(C=O)CC2)c1. The van der Waals surface area contributed by atoms with Crippen molar-refractivity contribution in [3.8, 4) is 0 Å². The number of benzene rings is 1. The highest BCUT2D eigenvalue weighted by Crippen LogP contribution is 2.26. The summed E-state index contributed by atoms with van der Waals surface area (Å²) < 4.78 is 0. The molecule has 6 heteroatoms. The van der Waals surface area contributed by atoms with Gasteiger partial charge < -0.3 is 15.1 Å². The molecule has 1 fully saturated rings. The zero-order valence-corrected chi connectivity index (χ0v) is 15.9. The molecule has 1 aromatic heterocycles. The lowest BCUT2D eigenvalue weighted by Crippen LogP contribution is -2.48. The number of rotatable bonds is 6. The number of piperazine rings is 1. The van der Waals surface area contributed by atoms with Crippen LogP contribution in [-0.2, 0) is 17.6 Å². The minimum absolute atomic E-state index is 0.0938. The maximum absolute atomic E-state index is 12.8. The number of pyridine rings is 1. The number of carbonyl (C=O) groups excluding carboxylic acids is 2. The fraction of sp³-hybridized carbons (Fsp3) is 0.381. The van der Waals surface area contributed by atoms with Crippen LogP contribution in [0.5, 0.6) is 0 Å². The standard InChI is InChI=1S/C21H26N4O2/c1-3-16-6-5-7-17(4-2)20(16)23-18-8-9-22-19(14-18)21(27)25-12-10-24(15-26)11-13-25/h5-9,14-15H,3-4,10-13H2,1-2H3,(H,22,23). The number of hydrogen-bond acceptors (Lipinski definition) is 4. The monoisotopic (exact) mass is 366 g/mol. The smallest absolute Gasteiger partial charge is 0.272 e. The zero-order valence-electron chi connectivity index (χ0n) is 15.9. The highest BCUT2D eigenvalue weighted by molar-refractivity contribution is 5.93. The minimum atomic E-state index is -0.0938. The van der Waals surface area contributed by atoms with Crippen LogP contribution < -0.4 is 5.32 Å². The number of nitrogens with zero attached hydrogens (tertiary/aromatic N) is 3. The van der Waals surface area contributed by atoms with Crippen LogP contribution in [0.4, 0.5) is 11.4 Å². The van der Waals surface area contributed by atoms with E-state index < -0.39 is 0 Å². The van der Waals surface area contributed by atoms with Crippen LogP contribution in [0.2, 0.25) is 0 Å². The van der Waals surface area contributed by atoms with E-state index in [0.29, 0.717) is 31.9 Å². The molecular formula is C21H26N4O2. The third-order valence-electron chi connectivity index (χ3n) is 5.00. The van der Waals surface area contributed by atoms with Gasteiger partial charge in [-0.25, -0.2) is 0 Å². The van der Waals surface area contributed by atoms with E-state index in [0.717, 1.165) is 30.6 Å². The predicted molar refractivity (Wildman–Crippen MR) is 106 cm³/mol. The first kappa shape index (κ1) is 18.9. The molecule has 0 bridgehead atoms. The Kier molecular flexibility index (Phi) is 6.06. The number of nitrogens with one attached hydrogen (secondary N) is 1. The summed E-state index contributed by atoms with van der Waals surface area (Å²) in [5, 5.41) is 3.49. The molecule has 1 aliphatic heterocycles. The van der Waals surface area contributed by atoms with Crippen molar-refractivity contribution >= 4 is 23.7 Å². The fourth-order valence-corrected chi connectivity index (χ4v) is 3.37. The second-order valence-corrected chi connectivity index (χ2v) is 6.65. The van der Waals surface area contributed by atoms with Crippen molar-refractivity contribution in [2.24, 2.45) is 0 Å². The summed E-state index contributed by atoms with van der Waals surface area (Å²) in [5.74, 6) is -0.0938. The van der Waals surface area contributed by atoms with Gasteiger partial charge in [0, 0.05) is 43.8 Å². The van der Waals surface area contributed by atoms with Crippen LogP contribution in [0, 0.1) is 0 Å². The Morgan fingerprint density at radius 1 is 1.11 bits per heavy atom. The van der Waals surface area contributed by atoms with E-state index in [1.807, 2.05) is 6.07 Å². The van der Waals surface area contributed by atoms with Gasteiger partial charge in [0.15, 0.2) is 0 Å². The lowest BCUT2D eigenvalue weighted by Gasteiger charge is -2.32. The average Bonchev–Trinajstić information content (AvgIpc) is 2.73. The molecule has 1 aliphatic rings. The van der Waals surface area contributed by atoms with Crippen molar-refractivity contribution in [1.82, 2.24) is 14.8 Å². The van der Waals surface area contributed by atoms with Crippen LogP contribution in [0.3, 0.4) is 0 Å². The van der Waals surface area contributed by atoms with Gasteiger partial charge in [-0.15, -0.1) is 0 Å². The highest BCUT2D eigenvalue weighted by Gasteiger charge is 2.22. The molecule has 0 atom stereocenters. The van der Waals surface area contributed by atoms with Crippen molar-refractivity contribution in [2.75, 3.05) is 31.5 Å². The van der Waals surface area contributed by atoms with Crippen LogP contribution in [0.15, 0.2) is 36.5 Å². The van der Waals surface area contributed by atoms with Gasteiger partial charge in [0.25, 0.3) is 5.91 Å². The topological polar surface area (TPSA) is 65.5 Å². The maximum Gasteiger partial charge on any atom is 0.272 e. The molecule has 1 aromatic carbocycles. The molecule has 3 rings (SSSR count). The molecule has 0 spiro atoms. The quantitative estimate of drug-likeness (QED) is 0.799. The van der Waals surface area contributed by atoms with Gasteiger partial charge in [-0.1, -0.05) is 32.0 Å². The fourth-order valence-electron chi connectivity index (χ4n) is 3.37. The van der Waals surface area contributed by atoms with Crippen molar-refractivity contribution in [3.63, 3.8) is 0 Å². The summed E-state index contributed by atoms with van der Waals surface area (Å²) in [5.41, 5.74) is 4.90. The molecule has 0 saturated carbocycles. The normalized spacial score (nSPS) is 14.1. The van der Waals surface area contributed by atoms with Crippen molar-refractivity contribution in [2.45, 2.75) is 26.7 Å². The third-order valence-corrected chi connectivity index (χ3v) is 5.00. The van der Waals surface area contributed by atoms with Gasteiger partial charge >= 0.3 is 0 Å². The number of hydrogen-bond donors (Lipinski definition) is 1. The number of aryl methyl sites for hydroxylation is 2. The third kappa shape index (κ3) is 4.27. The minimum Gasteiger partial charge on any atom is -0.355 e. The second kappa shape index (κ2) is 8.66. The molecule has 1 N–H and O–H groups in total. The van der Waals surface area contributed by atoms with Gasteiger partial charge in [-0.05, 0) is 36.1 Å². The Labute approximate surface area is 160 Å². The van der Waals surface area contributed by atoms with Crippen LogP contribution in [-0.4, -0.2) is 53.3 Å². The number of amides is 2. The summed E-state index contributed by atoms with van der Waals surface area (Å²) in [7, 11) is 0. The van der Waals surface area contributed by atoms with Gasteiger partial charge in [-0.3, -0.25) is 14.6 Å². The van der Waals surface area contributed by atoms with E-state index in [4.69, 9.17) is 0 Å². The van der Waals surface area contributed by atoms with E-state index >= 15 is 0 Å². The average molecular weight is 366 g/mol. The first-order valence-electron chi connectivity index (χ1n) is 9.48. The zero-order chi connectivity index (χ0) is 19.2. The van der Waals surface area contributed by atoms with Crippen LogP contribution >= 0.6 is 0 Å². The first-order chi connectivity index (χ1) is 13.2. The summed E-state index contributed by atoms with van der Waals surface area (Å²) in [6.07, 6.45) is 4.38. The molecular weight excluding hydrogens is 340 g/mol. The molecule has 0 radical (unpaired) electrons. The highest BCUT2D eigenvalue weighted by atomic mass is 16.2. The Morgan fingerprint density at radius 2 is 1.78 bits per heavy atom. The summed E-state index contributed by atoms with van der Waals surface area (Å²) in [6, 6.07) is 10.0. The van der Waals surface area contributed by atoms with E-state index in [1.165, 1.54) is 11.1 Å².